The molecule has 0 atom stereocenters. The van der Waals surface area contributed by atoms with E-state index in [1.807, 2.05) is 19.1 Å². The van der Waals surface area contributed by atoms with Gasteiger partial charge in [-0.25, -0.2) is 4.99 Å². The van der Waals surface area contributed by atoms with E-state index < -0.39 is 0 Å². The second-order valence-corrected chi connectivity index (χ2v) is 2.87. The molecule has 0 aromatic heterocycles. The SMILES string of the molecule is C=C(N=C/C=C\C)OC1CCC1. The lowest BCUT2D eigenvalue weighted by Crippen LogP contribution is -2.20. The molecular formula is C10H15NO. The Bertz CT molecular complexity index is 202. The minimum atomic E-state index is 0.375. The number of allylic oxidation sites excluding steroid dienone is 2. The van der Waals surface area contributed by atoms with E-state index in [9.17, 15) is 0 Å². The van der Waals surface area contributed by atoms with Gasteiger partial charge < -0.3 is 4.74 Å². The van der Waals surface area contributed by atoms with Gasteiger partial charge in [0, 0.05) is 6.21 Å². The van der Waals surface area contributed by atoms with Gasteiger partial charge in [-0.1, -0.05) is 6.08 Å². The molecule has 0 spiro atoms. The Morgan fingerprint density at radius 1 is 1.58 bits per heavy atom. The summed E-state index contributed by atoms with van der Waals surface area (Å²) in [7, 11) is 0. The van der Waals surface area contributed by atoms with Crippen molar-refractivity contribution in [3.8, 4) is 0 Å². The van der Waals surface area contributed by atoms with Crippen molar-refractivity contribution in [2.45, 2.75) is 32.3 Å². The second-order valence-electron chi connectivity index (χ2n) is 2.87. The molecule has 0 N–H and O–H groups in total. The number of rotatable bonds is 4. The molecule has 0 radical (unpaired) electrons. The van der Waals surface area contributed by atoms with Crippen molar-refractivity contribution in [3.63, 3.8) is 0 Å². The molecular weight excluding hydrogens is 150 g/mol. The lowest BCUT2D eigenvalue weighted by atomic mass is 9.96. The van der Waals surface area contributed by atoms with Crippen molar-refractivity contribution < 1.29 is 4.74 Å². The van der Waals surface area contributed by atoms with Gasteiger partial charge in [0.2, 0.25) is 5.88 Å². The maximum atomic E-state index is 5.41. The monoisotopic (exact) mass is 165 g/mol. The molecule has 0 heterocycles. The van der Waals surface area contributed by atoms with Crippen molar-refractivity contribution in [2.75, 3.05) is 0 Å². The second kappa shape index (κ2) is 4.75. The highest BCUT2D eigenvalue weighted by Gasteiger charge is 2.18. The summed E-state index contributed by atoms with van der Waals surface area (Å²) in [6.07, 6.45) is 9.42. The van der Waals surface area contributed by atoms with E-state index in [-0.39, 0.29) is 0 Å². The van der Waals surface area contributed by atoms with E-state index in [0.717, 1.165) is 12.8 Å². The minimum Gasteiger partial charge on any atom is -0.475 e. The zero-order valence-corrected chi connectivity index (χ0v) is 7.49. The normalized spacial score (nSPS) is 18.4. The van der Waals surface area contributed by atoms with Crippen molar-refractivity contribution in [1.82, 2.24) is 0 Å². The summed E-state index contributed by atoms with van der Waals surface area (Å²) in [6, 6.07) is 0. The predicted octanol–water partition coefficient (Wildman–Crippen LogP) is 2.67. The van der Waals surface area contributed by atoms with Crippen molar-refractivity contribution in [1.29, 1.82) is 0 Å². The quantitative estimate of drug-likeness (QED) is 0.463. The first-order chi connectivity index (χ1) is 5.83. The van der Waals surface area contributed by atoms with Crippen molar-refractivity contribution in [3.05, 3.63) is 24.6 Å². The van der Waals surface area contributed by atoms with Crippen LogP contribution in [0.15, 0.2) is 29.6 Å². The zero-order valence-electron chi connectivity index (χ0n) is 7.49. The summed E-state index contributed by atoms with van der Waals surface area (Å²) < 4.78 is 5.41. The molecule has 2 heteroatoms. The van der Waals surface area contributed by atoms with E-state index in [1.54, 1.807) is 6.21 Å². The Hall–Kier alpha value is -1.05. The van der Waals surface area contributed by atoms with Gasteiger partial charge in [-0.3, -0.25) is 0 Å². The molecule has 1 aliphatic rings. The molecule has 1 saturated carbocycles. The van der Waals surface area contributed by atoms with Crippen LogP contribution >= 0.6 is 0 Å². The summed E-state index contributed by atoms with van der Waals surface area (Å²) >= 11 is 0. The highest BCUT2D eigenvalue weighted by Crippen LogP contribution is 2.23. The first kappa shape index (κ1) is 9.04. The summed E-state index contributed by atoms with van der Waals surface area (Å²) in [5.74, 6) is 0.526. The fourth-order valence-corrected chi connectivity index (χ4v) is 0.924. The summed E-state index contributed by atoms with van der Waals surface area (Å²) in [5, 5.41) is 0. The predicted molar refractivity (Wildman–Crippen MR) is 51.2 cm³/mol. The van der Waals surface area contributed by atoms with Crippen LogP contribution in [-0.2, 0) is 4.74 Å². The molecule has 0 aromatic carbocycles. The van der Waals surface area contributed by atoms with Crippen molar-refractivity contribution >= 4 is 6.21 Å². The minimum absolute atomic E-state index is 0.375. The molecule has 2 nitrogen and oxygen atoms in total. The van der Waals surface area contributed by atoms with E-state index in [0.29, 0.717) is 12.0 Å². The number of hydrogen-bond acceptors (Lipinski definition) is 2. The first-order valence-electron chi connectivity index (χ1n) is 4.34. The fourth-order valence-electron chi connectivity index (χ4n) is 0.924. The molecule has 1 fully saturated rings. The van der Waals surface area contributed by atoms with Crippen molar-refractivity contribution in [2.24, 2.45) is 4.99 Å². The van der Waals surface area contributed by atoms with Crippen LogP contribution in [0.4, 0.5) is 0 Å². The topological polar surface area (TPSA) is 21.6 Å². The summed E-state index contributed by atoms with van der Waals surface area (Å²) in [5.41, 5.74) is 0. The third kappa shape index (κ3) is 2.91. The van der Waals surface area contributed by atoms with Gasteiger partial charge in [-0.05, 0) is 38.8 Å². The standard InChI is InChI=1S/C10H15NO/c1-3-4-8-11-9(2)12-10-6-5-7-10/h3-4,8,10H,2,5-7H2,1H3/b4-3-,11-8?. The molecule has 1 aliphatic carbocycles. The number of nitrogens with zero attached hydrogens (tertiary/aromatic N) is 1. The van der Waals surface area contributed by atoms with E-state index in [1.165, 1.54) is 6.42 Å². The Morgan fingerprint density at radius 2 is 2.33 bits per heavy atom. The molecule has 0 aliphatic heterocycles. The third-order valence-corrected chi connectivity index (χ3v) is 1.85. The summed E-state index contributed by atoms with van der Waals surface area (Å²) in [4.78, 5) is 4.01. The van der Waals surface area contributed by atoms with Crippen LogP contribution < -0.4 is 0 Å². The number of aliphatic imine (C=N–C) groups is 1. The van der Waals surface area contributed by atoms with Crippen LogP contribution in [0, 0.1) is 0 Å². The van der Waals surface area contributed by atoms with Crippen LogP contribution in [0.5, 0.6) is 0 Å². The van der Waals surface area contributed by atoms with Gasteiger partial charge in [0.15, 0.2) is 0 Å². The van der Waals surface area contributed by atoms with E-state index >= 15 is 0 Å². The third-order valence-electron chi connectivity index (χ3n) is 1.85. The van der Waals surface area contributed by atoms with Crippen LogP contribution in [0.25, 0.3) is 0 Å². The average molecular weight is 165 g/mol. The first-order valence-corrected chi connectivity index (χ1v) is 4.34. The average Bonchev–Trinajstić information content (AvgIpc) is 1.98. The van der Waals surface area contributed by atoms with Gasteiger partial charge >= 0.3 is 0 Å². The molecule has 0 bridgehead atoms. The Labute approximate surface area is 73.6 Å². The van der Waals surface area contributed by atoms with Crippen LogP contribution in [0.2, 0.25) is 0 Å². The highest BCUT2D eigenvalue weighted by atomic mass is 16.5. The maximum Gasteiger partial charge on any atom is 0.205 e. The molecule has 1 rings (SSSR count). The van der Waals surface area contributed by atoms with Gasteiger partial charge in [0.1, 0.15) is 6.10 Å². The Kier molecular flexibility index (Phi) is 3.58. The van der Waals surface area contributed by atoms with Crippen LogP contribution in [-0.4, -0.2) is 12.3 Å². The highest BCUT2D eigenvalue weighted by molar-refractivity contribution is 5.71. The van der Waals surface area contributed by atoms with Crippen LogP contribution in [0.1, 0.15) is 26.2 Å². The summed E-state index contributed by atoms with van der Waals surface area (Å²) in [6.45, 7) is 5.64. The fraction of sp³-hybridized carbons (Fsp3) is 0.500. The lowest BCUT2D eigenvalue weighted by Gasteiger charge is -2.25. The number of hydrogen-bond donors (Lipinski definition) is 0. The lowest BCUT2D eigenvalue weighted by molar-refractivity contribution is 0.0523. The number of ether oxygens (including phenoxy) is 1. The zero-order chi connectivity index (χ0) is 8.81. The van der Waals surface area contributed by atoms with Gasteiger partial charge in [0.05, 0.1) is 0 Å². The molecule has 66 valence electrons. The van der Waals surface area contributed by atoms with Gasteiger partial charge in [-0.15, -0.1) is 0 Å². The Balaban J connectivity index is 2.18. The van der Waals surface area contributed by atoms with Crippen LogP contribution in [0.3, 0.4) is 0 Å². The largest absolute Gasteiger partial charge is 0.475 e. The van der Waals surface area contributed by atoms with E-state index in [4.69, 9.17) is 4.74 Å². The molecule has 12 heavy (non-hydrogen) atoms. The maximum absolute atomic E-state index is 5.41. The van der Waals surface area contributed by atoms with Gasteiger partial charge in [-0.2, -0.15) is 0 Å². The Morgan fingerprint density at radius 3 is 2.83 bits per heavy atom. The molecule has 0 aromatic rings. The van der Waals surface area contributed by atoms with E-state index in [2.05, 4.69) is 11.6 Å². The van der Waals surface area contributed by atoms with Gasteiger partial charge in [0.25, 0.3) is 0 Å². The smallest absolute Gasteiger partial charge is 0.205 e. The molecule has 0 saturated heterocycles. The molecule has 0 amide bonds. The molecule has 0 unspecified atom stereocenters.